The fourth-order valence-corrected chi connectivity index (χ4v) is 6.01. The number of ketones is 1. The van der Waals surface area contributed by atoms with Crippen LogP contribution in [0.25, 0.3) is 0 Å². The molecule has 8 nitrogen and oxygen atoms in total. The van der Waals surface area contributed by atoms with E-state index >= 15 is 0 Å². The number of ether oxygens (including phenoxy) is 1. The van der Waals surface area contributed by atoms with Gasteiger partial charge < -0.3 is 16.0 Å². The molecular formula is C24H28F3N3O5. The minimum atomic E-state index is -5.00. The van der Waals surface area contributed by atoms with Gasteiger partial charge in [0, 0.05) is 30.3 Å². The predicted molar refractivity (Wildman–Crippen MR) is 116 cm³/mol. The Balaban J connectivity index is 1.63. The number of carbonyl (C=O) groups is 4. The van der Waals surface area contributed by atoms with E-state index in [2.05, 4.69) is 10.1 Å². The third-order valence-corrected chi connectivity index (χ3v) is 7.76. The van der Waals surface area contributed by atoms with Crippen molar-refractivity contribution in [2.75, 3.05) is 19.7 Å². The van der Waals surface area contributed by atoms with Crippen LogP contribution in [-0.2, 0) is 23.9 Å². The molecule has 1 aromatic rings. The lowest BCUT2D eigenvalue weighted by Gasteiger charge is -2.36. The highest BCUT2D eigenvalue weighted by Gasteiger charge is 2.73. The maximum atomic E-state index is 13.4. The highest BCUT2D eigenvalue weighted by atomic mass is 19.4. The third kappa shape index (κ3) is 4.78. The molecule has 1 saturated carbocycles. The van der Waals surface area contributed by atoms with Gasteiger partial charge in [-0.05, 0) is 37.7 Å². The molecule has 1 aliphatic carbocycles. The zero-order valence-corrected chi connectivity index (χ0v) is 19.2. The zero-order chi connectivity index (χ0) is 25.5. The van der Waals surface area contributed by atoms with Crippen molar-refractivity contribution in [2.24, 2.45) is 28.9 Å². The van der Waals surface area contributed by atoms with Gasteiger partial charge in [-0.15, -0.1) is 13.2 Å². The van der Waals surface area contributed by atoms with E-state index in [0.717, 1.165) is 5.56 Å². The maximum absolute atomic E-state index is 13.4. The standard InChI is InChI=1S/C24H28F3N3O5/c1-13(14-5-3-2-4-6-14)22(34)30-11-16-10-23(16,19(30)20(28)32)17(9-15-7-8-29-21(15)33)18(31)12-35-24(25,26)27/h2-6,13,15-17,19H,7-12H2,1H3,(H2,28,32)(H,29,33)/t13-,15+,16?,17+,19?,23?/m0/s1. The summed E-state index contributed by atoms with van der Waals surface area (Å²) in [5.74, 6) is -4.81. The molecule has 2 heterocycles. The van der Waals surface area contributed by atoms with Crippen LogP contribution in [0.1, 0.15) is 37.7 Å². The monoisotopic (exact) mass is 495 g/mol. The summed E-state index contributed by atoms with van der Waals surface area (Å²) in [7, 11) is 0. The van der Waals surface area contributed by atoms with Gasteiger partial charge in [-0.25, -0.2) is 0 Å². The molecule has 2 saturated heterocycles. The molecule has 35 heavy (non-hydrogen) atoms. The first kappa shape index (κ1) is 25.2. The molecule has 2 aliphatic heterocycles. The molecule has 0 spiro atoms. The smallest absolute Gasteiger partial charge is 0.368 e. The fraction of sp³-hybridized carbons (Fsp3) is 0.583. The van der Waals surface area contributed by atoms with Gasteiger partial charge in [-0.3, -0.25) is 23.9 Å². The third-order valence-electron chi connectivity index (χ3n) is 7.76. The van der Waals surface area contributed by atoms with E-state index < -0.39 is 53.9 Å². The van der Waals surface area contributed by atoms with Crippen LogP contribution in [0.2, 0.25) is 0 Å². The Bertz CT molecular complexity index is 1020. The average molecular weight is 495 g/mol. The molecule has 6 atom stereocenters. The molecule has 11 heteroatoms. The van der Waals surface area contributed by atoms with Crippen LogP contribution >= 0.6 is 0 Å². The van der Waals surface area contributed by atoms with Gasteiger partial charge in [0.2, 0.25) is 17.7 Å². The van der Waals surface area contributed by atoms with Crippen LogP contribution in [0.4, 0.5) is 13.2 Å². The van der Waals surface area contributed by atoms with Crippen molar-refractivity contribution < 1.29 is 37.1 Å². The summed E-state index contributed by atoms with van der Waals surface area (Å²) in [5, 5.41) is 2.66. The largest absolute Gasteiger partial charge is 0.522 e. The highest BCUT2D eigenvalue weighted by molar-refractivity contribution is 5.94. The van der Waals surface area contributed by atoms with Gasteiger partial charge in [-0.1, -0.05) is 30.3 Å². The summed E-state index contributed by atoms with van der Waals surface area (Å²) in [6.07, 6.45) is -4.24. The molecule has 3 unspecified atom stereocenters. The number of fused-ring (bicyclic) bond motifs is 1. The predicted octanol–water partition coefficient (Wildman–Crippen LogP) is 1.74. The quantitative estimate of drug-likeness (QED) is 0.541. The van der Waals surface area contributed by atoms with Crippen molar-refractivity contribution in [1.82, 2.24) is 10.2 Å². The van der Waals surface area contributed by atoms with E-state index in [1.54, 1.807) is 31.2 Å². The first-order valence-corrected chi connectivity index (χ1v) is 11.6. The molecule has 3 fully saturated rings. The number of hydrogen-bond acceptors (Lipinski definition) is 5. The molecule has 4 rings (SSSR count). The number of nitrogens with two attached hydrogens (primary N) is 1. The van der Waals surface area contributed by atoms with E-state index in [9.17, 15) is 32.3 Å². The number of nitrogens with zero attached hydrogens (tertiary/aromatic N) is 1. The minimum absolute atomic E-state index is 0.0254. The number of nitrogens with one attached hydrogen (secondary N) is 1. The lowest BCUT2D eigenvalue weighted by molar-refractivity contribution is -0.321. The van der Waals surface area contributed by atoms with Crippen molar-refractivity contribution in [3.05, 3.63) is 35.9 Å². The van der Waals surface area contributed by atoms with Crippen molar-refractivity contribution >= 4 is 23.5 Å². The Morgan fingerprint density at radius 2 is 1.94 bits per heavy atom. The van der Waals surface area contributed by atoms with Crippen LogP contribution in [0.3, 0.4) is 0 Å². The Kier molecular flexibility index (Phi) is 6.65. The summed E-state index contributed by atoms with van der Waals surface area (Å²) in [5.41, 5.74) is 5.38. The Morgan fingerprint density at radius 1 is 1.26 bits per heavy atom. The number of Topliss-reactive ketones (excluding diaryl/α,β-unsaturated/α-hetero) is 1. The molecule has 0 bridgehead atoms. The van der Waals surface area contributed by atoms with Crippen molar-refractivity contribution in [1.29, 1.82) is 0 Å². The van der Waals surface area contributed by atoms with Gasteiger partial charge in [-0.2, -0.15) is 0 Å². The number of hydrogen-bond donors (Lipinski definition) is 2. The first-order chi connectivity index (χ1) is 16.5. The summed E-state index contributed by atoms with van der Waals surface area (Å²) in [4.78, 5) is 52.8. The molecular weight excluding hydrogens is 467 g/mol. The number of amides is 3. The average Bonchev–Trinajstić information content (AvgIpc) is 3.18. The number of carbonyl (C=O) groups excluding carboxylic acids is 4. The van der Waals surface area contributed by atoms with Crippen LogP contribution in [0.5, 0.6) is 0 Å². The molecule has 3 N–H and O–H groups in total. The Labute approximate surface area is 200 Å². The maximum Gasteiger partial charge on any atom is 0.522 e. The van der Waals surface area contributed by atoms with E-state index in [1.807, 2.05) is 6.07 Å². The number of halogens is 3. The zero-order valence-electron chi connectivity index (χ0n) is 19.2. The molecule has 0 aromatic heterocycles. The summed E-state index contributed by atoms with van der Waals surface area (Å²) < 4.78 is 41.9. The van der Waals surface area contributed by atoms with Crippen LogP contribution < -0.4 is 11.1 Å². The summed E-state index contributed by atoms with van der Waals surface area (Å²) >= 11 is 0. The van der Waals surface area contributed by atoms with Gasteiger partial charge >= 0.3 is 6.36 Å². The number of benzene rings is 1. The van der Waals surface area contributed by atoms with Gasteiger partial charge in [0.05, 0.1) is 5.92 Å². The second-order valence-electron chi connectivity index (χ2n) is 9.71. The van der Waals surface area contributed by atoms with Gasteiger partial charge in [0.1, 0.15) is 12.6 Å². The van der Waals surface area contributed by atoms with Crippen molar-refractivity contribution in [2.45, 2.75) is 44.5 Å². The Morgan fingerprint density at radius 3 is 2.51 bits per heavy atom. The topological polar surface area (TPSA) is 119 Å². The lowest BCUT2D eigenvalue weighted by Crippen LogP contribution is -2.53. The van der Waals surface area contributed by atoms with Gasteiger partial charge in [0.15, 0.2) is 5.78 Å². The molecule has 3 amide bonds. The highest BCUT2D eigenvalue weighted by Crippen LogP contribution is 2.67. The molecule has 0 radical (unpaired) electrons. The normalized spacial score (nSPS) is 29.3. The van der Waals surface area contributed by atoms with Crippen LogP contribution in [0.15, 0.2) is 30.3 Å². The van der Waals surface area contributed by atoms with Gasteiger partial charge in [0.25, 0.3) is 0 Å². The number of piperidine rings is 1. The lowest BCUT2D eigenvalue weighted by atomic mass is 9.74. The minimum Gasteiger partial charge on any atom is -0.368 e. The second-order valence-corrected chi connectivity index (χ2v) is 9.71. The second kappa shape index (κ2) is 9.25. The van der Waals surface area contributed by atoms with E-state index in [-0.39, 0.29) is 30.7 Å². The molecule has 3 aliphatic rings. The van der Waals surface area contributed by atoms with Crippen molar-refractivity contribution in [3.8, 4) is 0 Å². The SMILES string of the molecule is C[C@H](C(=O)N1CC2CC2([C@H](C[C@H]2CCNC2=O)C(=O)COC(F)(F)F)C1C(N)=O)c1ccccc1. The number of primary amides is 1. The Hall–Kier alpha value is -2.95. The molecule has 1 aromatic carbocycles. The van der Waals surface area contributed by atoms with E-state index in [0.29, 0.717) is 19.4 Å². The van der Waals surface area contributed by atoms with Crippen LogP contribution in [-0.4, -0.2) is 60.5 Å². The number of likely N-dealkylation sites (tertiary alicyclic amines) is 1. The summed E-state index contributed by atoms with van der Waals surface area (Å²) in [6, 6.07) is 7.80. The van der Waals surface area contributed by atoms with Crippen LogP contribution in [0, 0.1) is 23.2 Å². The number of alkyl halides is 3. The van der Waals surface area contributed by atoms with E-state index in [4.69, 9.17) is 5.73 Å². The number of rotatable bonds is 9. The van der Waals surface area contributed by atoms with E-state index in [1.165, 1.54) is 4.90 Å². The first-order valence-electron chi connectivity index (χ1n) is 11.6. The fourth-order valence-electron chi connectivity index (χ4n) is 6.01. The molecule has 190 valence electrons. The summed E-state index contributed by atoms with van der Waals surface area (Å²) in [6.45, 7) is 1.05. The van der Waals surface area contributed by atoms with Crippen molar-refractivity contribution in [3.63, 3.8) is 0 Å².